The molecule has 2 nitrogen and oxygen atoms in total. The number of allylic oxidation sites excluding steroid dienone is 4. The van der Waals surface area contributed by atoms with Gasteiger partial charge in [0.2, 0.25) is 0 Å². The average Bonchev–Trinajstić information content (AvgIpc) is 2.44. The fourth-order valence-electron chi connectivity index (χ4n) is 2.01. The Labute approximate surface area is 115 Å². The lowest BCUT2D eigenvalue weighted by atomic mass is 10.0. The first kappa shape index (κ1) is 13.5. The SMILES string of the molecule is CCC/C=C\C=C1/CC(c2ccccc2)=NC(C)=N1. The molecule has 0 bridgehead atoms. The summed E-state index contributed by atoms with van der Waals surface area (Å²) >= 11 is 0. The van der Waals surface area contributed by atoms with Crippen LogP contribution in [0.25, 0.3) is 0 Å². The van der Waals surface area contributed by atoms with Gasteiger partial charge < -0.3 is 0 Å². The fraction of sp³-hybridized carbons (Fsp3) is 0.294. The molecular formula is C17H20N2. The first-order chi connectivity index (χ1) is 9.29. The van der Waals surface area contributed by atoms with E-state index >= 15 is 0 Å². The molecule has 0 saturated carbocycles. The molecular weight excluding hydrogens is 232 g/mol. The van der Waals surface area contributed by atoms with Gasteiger partial charge in [-0.05, 0) is 25.0 Å². The maximum absolute atomic E-state index is 4.55. The van der Waals surface area contributed by atoms with Gasteiger partial charge in [0.25, 0.3) is 0 Å². The Hall–Kier alpha value is -1.96. The largest absolute Gasteiger partial charge is 0.238 e. The number of amidine groups is 1. The van der Waals surface area contributed by atoms with E-state index in [1.807, 2.05) is 25.1 Å². The van der Waals surface area contributed by atoms with Gasteiger partial charge in [-0.2, -0.15) is 0 Å². The standard InChI is InChI=1S/C17H20N2/c1-3-4-5-9-12-16-13-17(19-14(2)18-16)15-10-7-6-8-11-15/h5-12H,3-4,13H2,1-2H3/b9-5-,16-12+. The van der Waals surface area contributed by atoms with Crippen molar-refractivity contribution >= 4 is 11.5 Å². The smallest absolute Gasteiger partial charge is 0.125 e. The van der Waals surface area contributed by atoms with Gasteiger partial charge in [0.15, 0.2) is 0 Å². The van der Waals surface area contributed by atoms with Crippen LogP contribution in [0.4, 0.5) is 0 Å². The number of unbranched alkanes of at least 4 members (excludes halogenated alkanes) is 1. The maximum atomic E-state index is 4.55. The summed E-state index contributed by atoms with van der Waals surface area (Å²) in [6.07, 6.45) is 9.48. The molecule has 0 aliphatic carbocycles. The van der Waals surface area contributed by atoms with Crippen LogP contribution in [-0.4, -0.2) is 11.5 Å². The van der Waals surface area contributed by atoms with Crippen molar-refractivity contribution in [2.75, 3.05) is 0 Å². The molecule has 0 radical (unpaired) electrons. The Balaban J connectivity index is 2.15. The number of hydrogen-bond donors (Lipinski definition) is 0. The molecule has 19 heavy (non-hydrogen) atoms. The molecule has 0 atom stereocenters. The second-order valence-electron chi connectivity index (χ2n) is 4.64. The van der Waals surface area contributed by atoms with Crippen LogP contribution in [0.1, 0.15) is 38.7 Å². The summed E-state index contributed by atoms with van der Waals surface area (Å²) in [7, 11) is 0. The van der Waals surface area contributed by atoms with Crippen LogP contribution in [0.5, 0.6) is 0 Å². The Kier molecular flexibility index (Phi) is 4.85. The van der Waals surface area contributed by atoms with Crippen LogP contribution >= 0.6 is 0 Å². The Morgan fingerprint density at radius 1 is 1.16 bits per heavy atom. The van der Waals surface area contributed by atoms with Gasteiger partial charge in [0.05, 0.1) is 5.71 Å². The zero-order valence-electron chi connectivity index (χ0n) is 11.6. The molecule has 0 saturated heterocycles. The van der Waals surface area contributed by atoms with E-state index in [0.29, 0.717) is 0 Å². The van der Waals surface area contributed by atoms with Gasteiger partial charge in [-0.15, -0.1) is 0 Å². The predicted molar refractivity (Wildman–Crippen MR) is 82.8 cm³/mol. The number of benzene rings is 1. The number of hydrogen-bond acceptors (Lipinski definition) is 2. The molecule has 2 heteroatoms. The van der Waals surface area contributed by atoms with E-state index in [4.69, 9.17) is 0 Å². The maximum Gasteiger partial charge on any atom is 0.125 e. The Bertz CT molecular complexity index is 534. The number of aliphatic imine (C=N–C) groups is 2. The third kappa shape index (κ3) is 4.02. The van der Waals surface area contributed by atoms with Gasteiger partial charge in [-0.25, -0.2) is 9.98 Å². The van der Waals surface area contributed by atoms with E-state index in [-0.39, 0.29) is 0 Å². The van der Waals surface area contributed by atoms with Crippen LogP contribution in [0.2, 0.25) is 0 Å². The lowest BCUT2D eigenvalue weighted by molar-refractivity contribution is 0.958. The molecule has 98 valence electrons. The highest BCUT2D eigenvalue weighted by molar-refractivity contribution is 6.09. The highest BCUT2D eigenvalue weighted by Crippen LogP contribution is 2.17. The van der Waals surface area contributed by atoms with Gasteiger partial charge in [-0.1, -0.05) is 55.8 Å². The summed E-state index contributed by atoms with van der Waals surface area (Å²) in [5.41, 5.74) is 3.36. The minimum absolute atomic E-state index is 0.803. The van der Waals surface area contributed by atoms with E-state index in [9.17, 15) is 0 Å². The van der Waals surface area contributed by atoms with Crippen molar-refractivity contribution in [1.82, 2.24) is 0 Å². The molecule has 1 aliphatic rings. The first-order valence-corrected chi connectivity index (χ1v) is 6.83. The highest BCUT2D eigenvalue weighted by atomic mass is 15.0. The molecule has 0 spiro atoms. The van der Waals surface area contributed by atoms with Gasteiger partial charge in [0, 0.05) is 12.1 Å². The van der Waals surface area contributed by atoms with E-state index in [1.54, 1.807) is 0 Å². The molecule has 1 aliphatic heterocycles. The highest BCUT2D eigenvalue weighted by Gasteiger charge is 2.11. The van der Waals surface area contributed by atoms with E-state index in [0.717, 1.165) is 30.1 Å². The van der Waals surface area contributed by atoms with E-state index in [1.165, 1.54) is 12.0 Å². The normalized spacial score (nSPS) is 17.7. The van der Waals surface area contributed by atoms with Crippen LogP contribution in [-0.2, 0) is 0 Å². The topological polar surface area (TPSA) is 24.7 Å². The van der Waals surface area contributed by atoms with Crippen LogP contribution in [0.15, 0.2) is 64.2 Å². The summed E-state index contributed by atoms with van der Waals surface area (Å²) in [4.78, 5) is 9.04. The van der Waals surface area contributed by atoms with Gasteiger partial charge in [-0.3, -0.25) is 0 Å². The zero-order valence-corrected chi connectivity index (χ0v) is 11.6. The molecule has 0 fully saturated rings. The summed E-state index contributed by atoms with van der Waals surface area (Å²) in [6, 6.07) is 10.3. The molecule has 0 amide bonds. The molecule has 1 aromatic rings. The molecule has 2 rings (SSSR count). The van der Waals surface area contributed by atoms with E-state index < -0.39 is 0 Å². The van der Waals surface area contributed by atoms with Crippen molar-refractivity contribution < 1.29 is 0 Å². The van der Waals surface area contributed by atoms with Crippen LogP contribution < -0.4 is 0 Å². The predicted octanol–water partition coefficient (Wildman–Crippen LogP) is 4.54. The van der Waals surface area contributed by atoms with Gasteiger partial charge >= 0.3 is 0 Å². The molecule has 0 N–H and O–H groups in total. The molecule has 1 heterocycles. The molecule has 0 unspecified atom stereocenters. The van der Waals surface area contributed by atoms with Crippen molar-refractivity contribution in [2.45, 2.75) is 33.1 Å². The van der Waals surface area contributed by atoms with Crippen molar-refractivity contribution in [1.29, 1.82) is 0 Å². The summed E-state index contributed by atoms with van der Waals surface area (Å²) in [5, 5.41) is 0. The van der Waals surface area contributed by atoms with E-state index in [2.05, 4.69) is 47.3 Å². The van der Waals surface area contributed by atoms with Crippen LogP contribution in [0.3, 0.4) is 0 Å². The third-order valence-electron chi connectivity index (χ3n) is 2.94. The quantitative estimate of drug-likeness (QED) is 0.751. The van der Waals surface area contributed by atoms with Gasteiger partial charge in [0.1, 0.15) is 5.84 Å². The lowest BCUT2D eigenvalue weighted by Gasteiger charge is -2.12. The van der Waals surface area contributed by atoms with Crippen molar-refractivity contribution in [3.63, 3.8) is 0 Å². The minimum atomic E-state index is 0.803. The summed E-state index contributed by atoms with van der Waals surface area (Å²) in [6.45, 7) is 4.13. The average molecular weight is 252 g/mol. The number of nitrogens with zero attached hydrogens (tertiary/aromatic N) is 2. The van der Waals surface area contributed by atoms with Crippen molar-refractivity contribution in [3.05, 3.63) is 59.8 Å². The summed E-state index contributed by atoms with van der Waals surface area (Å²) in [5.74, 6) is 0.834. The second kappa shape index (κ2) is 6.83. The molecule has 1 aromatic carbocycles. The lowest BCUT2D eigenvalue weighted by Crippen LogP contribution is -2.10. The monoisotopic (exact) mass is 252 g/mol. The summed E-state index contributed by atoms with van der Waals surface area (Å²) < 4.78 is 0. The zero-order chi connectivity index (χ0) is 13.5. The van der Waals surface area contributed by atoms with Crippen molar-refractivity contribution in [3.8, 4) is 0 Å². The second-order valence-corrected chi connectivity index (χ2v) is 4.64. The first-order valence-electron chi connectivity index (χ1n) is 6.83. The fourth-order valence-corrected chi connectivity index (χ4v) is 2.01. The third-order valence-corrected chi connectivity index (χ3v) is 2.94. The Morgan fingerprint density at radius 2 is 1.95 bits per heavy atom. The van der Waals surface area contributed by atoms with Crippen LogP contribution in [0, 0.1) is 0 Å². The minimum Gasteiger partial charge on any atom is -0.238 e. The van der Waals surface area contributed by atoms with Crippen molar-refractivity contribution in [2.24, 2.45) is 9.98 Å². The Morgan fingerprint density at radius 3 is 2.68 bits per heavy atom. The molecule has 0 aromatic heterocycles. The number of rotatable bonds is 4.